The number of hydrogen-bond donors (Lipinski definition) is 9. The number of nitro benzene ring substituents is 1. The molecular weight excluding hydrogens is 716 g/mol. The third-order valence-corrected chi connectivity index (χ3v) is 8.37. The molecule has 18 heteroatoms. The molecule has 4 atom stereocenters. The minimum atomic E-state index is -1.25. The lowest BCUT2D eigenvalue weighted by Crippen LogP contribution is -2.53. The zero-order valence-electron chi connectivity index (χ0n) is 30.2. The van der Waals surface area contributed by atoms with Gasteiger partial charge in [0.05, 0.1) is 17.0 Å². The Balaban J connectivity index is 1.71. The minimum Gasteiger partial charge on any atom is -0.508 e. The summed E-state index contributed by atoms with van der Waals surface area (Å²) in [7, 11) is 0. The molecule has 0 radical (unpaired) electrons. The number of imide groups is 1. The Morgan fingerprint density at radius 1 is 0.800 bits per heavy atom. The van der Waals surface area contributed by atoms with Gasteiger partial charge < -0.3 is 42.9 Å². The average Bonchev–Trinajstić information content (AvgIpc) is 3.16. The zero-order valence-corrected chi connectivity index (χ0v) is 30.2. The highest BCUT2D eigenvalue weighted by molar-refractivity contribution is 6.08. The Morgan fingerprint density at radius 2 is 1.45 bits per heavy atom. The smallest absolute Gasteiger partial charge is 0.322 e. The van der Waals surface area contributed by atoms with Crippen LogP contribution in [0.2, 0.25) is 0 Å². The molecule has 0 bridgehead atoms. The van der Waals surface area contributed by atoms with Crippen molar-refractivity contribution in [3.63, 3.8) is 0 Å². The molecule has 0 aliphatic heterocycles. The number of aliphatic carboxylic acids is 1. The third-order valence-electron chi connectivity index (χ3n) is 8.37. The lowest BCUT2D eigenvalue weighted by Gasteiger charge is -2.23. The lowest BCUT2D eigenvalue weighted by atomic mass is 10.0. The first-order chi connectivity index (χ1) is 26.2. The molecule has 0 fully saturated rings. The van der Waals surface area contributed by atoms with Crippen LogP contribution < -0.4 is 38.1 Å². The van der Waals surface area contributed by atoms with Crippen LogP contribution in [-0.4, -0.2) is 87.9 Å². The second kappa shape index (κ2) is 21.5. The molecule has 0 heterocycles. The number of phenolic OH excluding ortho intramolecular Hbond substituents is 1. The van der Waals surface area contributed by atoms with Gasteiger partial charge in [0.1, 0.15) is 29.9 Å². The summed E-state index contributed by atoms with van der Waals surface area (Å²) in [5, 5.41) is 43.0. The summed E-state index contributed by atoms with van der Waals surface area (Å²) >= 11 is 0. The molecule has 0 saturated carbocycles. The molecule has 294 valence electrons. The molecule has 0 saturated heterocycles. The van der Waals surface area contributed by atoms with Crippen LogP contribution in [0.3, 0.4) is 0 Å². The summed E-state index contributed by atoms with van der Waals surface area (Å²) in [5.41, 5.74) is 12.2. The van der Waals surface area contributed by atoms with E-state index in [1.54, 1.807) is 42.5 Å². The van der Waals surface area contributed by atoms with Crippen molar-refractivity contribution in [2.45, 2.75) is 69.7 Å². The highest BCUT2D eigenvalue weighted by Crippen LogP contribution is 2.21. The van der Waals surface area contributed by atoms with E-state index in [4.69, 9.17) is 16.6 Å². The van der Waals surface area contributed by atoms with Crippen LogP contribution in [0.4, 0.5) is 5.69 Å². The van der Waals surface area contributed by atoms with Crippen LogP contribution in [0.1, 0.15) is 53.2 Å². The molecular formula is C37H46N8O10. The van der Waals surface area contributed by atoms with Gasteiger partial charge in [0.15, 0.2) is 0 Å². The standard InChI is InChI=1S/C37H46N8O10/c1-22(42-35(51)28(39)17-24-10-13-26(46)14-11-24)33(49)44-34(50)27-15-12-25(19-31(27)45(54)55)20-40-30(18-23-7-3-2-4-8-23)37(53)43-29(9-5-6-16-38)36(52)41-21-32(47)48/h2-4,7-8,10-15,19,22,28-30,40,46H,5-6,9,16-18,20-21,38-39H2,1H3,(H,41,52)(H,42,51)(H,43,53)(H,47,48)(H,44,49,50)/t22-,28-,29-,30-/m0/s1. The molecule has 3 aromatic carbocycles. The predicted molar refractivity (Wildman–Crippen MR) is 199 cm³/mol. The Kier molecular flexibility index (Phi) is 16.8. The molecule has 3 rings (SSSR count). The van der Waals surface area contributed by atoms with Gasteiger partial charge in [-0.15, -0.1) is 0 Å². The number of benzene rings is 3. The van der Waals surface area contributed by atoms with Crippen molar-refractivity contribution in [2.75, 3.05) is 13.1 Å². The number of carboxylic acids is 1. The lowest BCUT2D eigenvalue weighted by molar-refractivity contribution is -0.385. The average molecular weight is 763 g/mol. The van der Waals surface area contributed by atoms with Crippen LogP contribution >= 0.6 is 0 Å². The number of nitrogens with two attached hydrogens (primary N) is 2. The monoisotopic (exact) mass is 762 g/mol. The molecule has 55 heavy (non-hydrogen) atoms. The van der Waals surface area contributed by atoms with Crippen molar-refractivity contribution >= 4 is 41.2 Å². The van der Waals surface area contributed by atoms with Crippen LogP contribution in [-0.2, 0) is 43.4 Å². The predicted octanol–water partition coefficient (Wildman–Crippen LogP) is 0.147. The Morgan fingerprint density at radius 3 is 2.09 bits per heavy atom. The van der Waals surface area contributed by atoms with Crippen LogP contribution in [0, 0.1) is 10.1 Å². The summed E-state index contributed by atoms with van der Waals surface area (Å²) in [6, 6.07) is 14.3. The minimum absolute atomic E-state index is 0.0420. The molecule has 0 spiro atoms. The van der Waals surface area contributed by atoms with E-state index in [9.17, 15) is 44.0 Å². The van der Waals surface area contributed by atoms with Gasteiger partial charge in [-0.05, 0) is 80.5 Å². The maximum atomic E-state index is 13.6. The zero-order chi connectivity index (χ0) is 40.5. The van der Waals surface area contributed by atoms with Crippen molar-refractivity contribution in [1.29, 1.82) is 0 Å². The first kappa shape index (κ1) is 43.2. The molecule has 0 aliphatic rings. The van der Waals surface area contributed by atoms with E-state index in [-0.39, 0.29) is 31.6 Å². The second-order valence-corrected chi connectivity index (χ2v) is 12.7. The van der Waals surface area contributed by atoms with Gasteiger partial charge in [-0.1, -0.05) is 48.5 Å². The number of nitrogens with one attached hydrogen (secondary N) is 5. The van der Waals surface area contributed by atoms with Gasteiger partial charge >= 0.3 is 5.97 Å². The number of hydrogen-bond acceptors (Lipinski definition) is 12. The fourth-order valence-corrected chi connectivity index (χ4v) is 5.35. The number of aromatic hydroxyl groups is 1. The van der Waals surface area contributed by atoms with Crippen molar-refractivity contribution in [3.05, 3.63) is 105 Å². The summed E-state index contributed by atoms with van der Waals surface area (Å²) in [5.74, 6) is -5.19. The molecule has 0 aromatic heterocycles. The number of nitrogens with zero attached hydrogens (tertiary/aromatic N) is 1. The summed E-state index contributed by atoms with van der Waals surface area (Å²) < 4.78 is 0. The fraction of sp³-hybridized carbons (Fsp3) is 0.351. The van der Waals surface area contributed by atoms with Crippen molar-refractivity contribution in [3.8, 4) is 5.75 Å². The molecule has 0 unspecified atom stereocenters. The Hall–Kier alpha value is -6.24. The maximum Gasteiger partial charge on any atom is 0.322 e. The number of carboxylic acid groups (broad SMARTS) is 1. The SMILES string of the molecule is C[C@H](NC(=O)[C@@H](N)Cc1ccc(O)cc1)C(=O)NC(=O)c1ccc(CN[C@@H](Cc2ccccc2)C(=O)N[C@@H](CCCCN)C(=O)NCC(=O)O)cc1[N+](=O)[O-]. The van der Waals surface area contributed by atoms with Crippen molar-refractivity contribution < 1.29 is 43.9 Å². The van der Waals surface area contributed by atoms with Gasteiger partial charge in [0.2, 0.25) is 23.6 Å². The fourth-order valence-electron chi connectivity index (χ4n) is 5.35. The second-order valence-electron chi connectivity index (χ2n) is 12.7. The van der Waals surface area contributed by atoms with Gasteiger partial charge in [-0.25, -0.2) is 0 Å². The normalized spacial score (nSPS) is 13.0. The summed E-state index contributed by atoms with van der Waals surface area (Å²) in [6.07, 6.45) is 1.51. The quantitative estimate of drug-likeness (QED) is 0.0397. The number of carbonyl (C=O) groups excluding carboxylic acids is 5. The molecule has 11 N–H and O–H groups in total. The highest BCUT2D eigenvalue weighted by Gasteiger charge is 2.28. The van der Waals surface area contributed by atoms with Crippen LogP contribution in [0.5, 0.6) is 5.75 Å². The molecule has 5 amide bonds. The van der Waals surface area contributed by atoms with E-state index < -0.39 is 82.4 Å². The first-order valence-electron chi connectivity index (χ1n) is 17.4. The Labute approximate surface area is 316 Å². The van der Waals surface area contributed by atoms with E-state index in [1.807, 2.05) is 0 Å². The number of amides is 5. The van der Waals surface area contributed by atoms with E-state index in [0.717, 1.165) is 17.7 Å². The third kappa shape index (κ3) is 14.3. The number of phenols is 1. The van der Waals surface area contributed by atoms with Crippen molar-refractivity contribution in [1.82, 2.24) is 26.6 Å². The Bertz CT molecular complexity index is 1820. The molecule has 18 nitrogen and oxygen atoms in total. The topological polar surface area (TPSA) is 298 Å². The van der Waals surface area contributed by atoms with E-state index in [1.165, 1.54) is 25.1 Å². The van der Waals surface area contributed by atoms with Gasteiger partial charge in [0.25, 0.3) is 11.6 Å². The van der Waals surface area contributed by atoms with E-state index in [0.29, 0.717) is 30.5 Å². The van der Waals surface area contributed by atoms with E-state index >= 15 is 0 Å². The van der Waals surface area contributed by atoms with E-state index in [2.05, 4.69) is 26.6 Å². The number of nitro groups is 1. The number of rotatable bonds is 21. The largest absolute Gasteiger partial charge is 0.508 e. The molecule has 0 aliphatic carbocycles. The van der Waals surface area contributed by atoms with Crippen LogP contribution in [0.25, 0.3) is 0 Å². The van der Waals surface area contributed by atoms with Gasteiger partial charge in [0, 0.05) is 12.6 Å². The highest BCUT2D eigenvalue weighted by atomic mass is 16.6. The number of unbranched alkanes of at least 4 members (excludes halogenated alkanes) is 1. The summed E-state index contributed by atoms with van der Waals surface area (Å²) in [4.78, 5) is 87.1. The first-order valence-corrected chi connectivity index (χ1v) is 17.4. The molecule has 3 aromatic rings. The van der Waals surface area contributed by atoms with Crippen molar-refractivity contribution in [2.24, 2.45) is 11.5 Å². The summed E-state index contributed by atoms with van der Waals surface area (Å²) in [6.45, 7) is 0.934. The van der Waals surface area contributed by atoms with Gasteiger partial charge in [-0.2, -0.15) is 0 Å². The number of carbonyl (C=O) groups is 6. The maximum absolute atomic E-state index is 13.6. The van der Waals surface area contributed by atoms with Gasteiger partial charge in [-0.3, -0.25) is 44.2 Å². The van der Waals surface area contributed by atoms with Crippen LogP contribution in [0.15, 0.2) is 72.8 Å².